The van der Waals surface area contributed by atoms with Gasteiger partial charge in [-0.15, -0.1) is 0 Å². The summed E-state index contributed by atoms with van der Waals surface area (Å²) < 4.78 is 0.997. The number of halogens is 2. The Bertz CT molecular complexity index is 411. The van der Waals surface area contributed by atoms with Gasteiger partial charge in [-0.2, -0.15) is 0 Å². The summed E-state index contributed by atoms with van der Waals surface area (Å²) in [6.07, 6.45) is 2.28. The fourth-order valence-corrected chi connectivity index (χ4v) is 3.32. The molecule has 1 saturated heterocycles. The van der Waals surface area contributed by atoms with Gasteiger partial charge < -0.3 is 10.6 Å². The molecular weight excluding hydrogens is 312 g/mol. The van der Waals surface area contributed by atoms with E-state index in [1.807, 2.05) is 18.2 Å². The van der Waals surface area contributed by atoms with Gasteiger partial charge >= 0.3 is 0 Å². The molecule has 1 aromatic carbocycles. The summed E-state index contributed by atoms with van der Waals surface area (Å²) >= 11 is 9.63. The average molecular weight is 332 g/mol. The van der Waals surface area contributed by atoms with Gasteiger partial charge in [0.25, 0.3) is 0 Å². The van der Waals surface area contributed by atoms with Crippen molar-refractivity contribution in [3.05, 3.63) is 33.3 Å². The lowest BCUT2D eigenvalue weighted by molar-refractivity contribution is 0.313. The first kappa shape index (κ1) is 14.3. The smallest absolute Gasteiger partial charge is 0.0464 e. The largest absolute Gasteiger partial charge is 0.324 e. The minimum absolute atomic E-state index is 0.0292. The van der Waals surface area contributed by atoms with E-state index in [2.05, 4.69) is 27.8 Å². The van der Waals surface area contributed by atoms with Crippen LogP contribution in [-0.2, 0) is 0 Å². The standard InChI is InChI=1S/C14H20BrClN2/c1-10-4-6-18(9-10)7-5-14(17)12-3-2-11(15)8-13(12)16/h2-3,8,10,14H,4-7,9,17H2,1H3. The Balaban J connectivity index is 1.89. The Morgan fingerprint density at radius 3 is 2.94 bits per heavy atom. The second-order valence-electron chi connectivity index (χ2n) is 5.26. The van der Waals surface area contributed by atoms with Crippen molar-refractivity contribution in [3.63, 3.8) is 0 Å². The van der Waals surface area contributed by atoms with E-state index in [9.17, 15) is 0 Å². The van der Waals surface area contributed by atoms with Gasteiger partial charge in [0.1, 0.15) is 0 Å². The van der Waals surface area contributed by atoms with Gasteiger partial charge in [0.2, 0.25) is 0 Å². The van der Waals surface area contributed by atoms with E-state index in [-0.39, 0.29) is 6.04 Å². The van der Waals surface area contributed by atoms with E-state index < -0.39 is 0 Å². The van der Waals surface area contributed by atoms with Crippen LogP contribution in [0, 0.1) is 5.92 Å². The molecule has 2 N–H and O–H groups in total. The lowest BCUT2D eigenvalue weighted by Crippen LogP contribution is -2.25. The highest BCUT2D eigenvalue weighted by atomic mass is 79.9. The van der Waals surface area contributed by atoms with Crippen LogP contribution in [-0.4, -0.2) is 24.5 Å². The van der Waals surface area contributed by atoms with Crippen molar-refractivity contribution in [1.82, 2.24) is 4.90 Å². The Labute approximate surface area is 123 Å². The molecule has 2 rings (SSSR count). The summed E-state index contributed by atoms with van der Waals surface area (Å²) in [5.74, 6) is 0.831. The molecule has 1 aliphatic heterocycles. The maximum absolute atomic E-state index is 6.23. The number of nitrogens with two attached hydrogens (primary N) is 1. The molecule has 2 unspecified atom stereocenters. The van der Waals surface area contributed by atoms with Crippen molar-refractivity contribution >= 4 is 27.5 Å². The lowest BCUT2D eigenvalue weighted by atomic mass is 10.0. The third kappa shape index (κ3) is 3.70. The minimum atomic E-state index is 0.0292. The van der Waals surface area contributed by atoms with Gasteiger partial charge in [-0.3, -0.25) is 0 Å². The van der Waals surface area contributed by atoms with Crippen LogP contribution in [0.5, 0.6) is 0 Å². The number of hydrogen-bond donors (Lipinski definition) is 1. The molecule has 1 aromatic rings. The van der Waals surface area contributed by atoms with Crippen molar-refractivity contribution < 1.29 is 0 Å². The zero-order valence-corrected chi connectivity index (χ0v) is 13.0. The zero-order chi connectivity index (χ0) is 13.1. The minimum Gasteiger partial charge on any atom is -0.324 e. The molecule has 1 heterocycles. The van der Waals surface area contributed by atoms with Crippen LogP contribution in [0.15, 0.2) is 22.7 Å². The number of rotatable bonds is 4. The first-order valence-electron chi connectivity index (χ1n) is 6.49. The third-order valence-corrected chi connectivity index (χ3v) is 4.45. The molecule has 1 aliphatic rings. The van der Waals surface area contributed by atoms with Crippen molar-refractivity contribution in [3.8, 4) is 0 Å². The van der Waals surface area contributed by atoms with Crippen LogP contribution >= 0.6 is 27.5 Å². The fourth-order valence-electron chi connectivity index (χ4n) is 2.51. The summed E-state index contributed by atoms with van der Waals surface area (Å²) in [5.41, 5.74) is 7.28. The topological polar surface area (TPSA) is 29.3 Å². The Morgan fingerprint density at radius 1 is 1.56 bits per heavy atom. The number of nitrogens with zero attached hydrogens (tertiary/aromatic N) is 1. The van der Waals surface area contributed by atoms with E-state index in [0.717, 1.165) is 33.9 Å². The first-order chi connectivity index (χ1) is 8.56. The predicted molar refractivity (Wildman–Crippen MR) is 80.9 cm³/mol. The molecule has 0 amide bonds. The molecule has 4 heteroatoms. The highest BCUT2D eigenvalue weighted by Gasteiger charge is 2.19. The predicted octanol–water partition coefficient (Wildman–Crippen LogP) is 3.83. The second-order valence-corrected chi connectivity index (χ2v) is 6.58. The molecule has 0 bridgehead atoms. The molecule has 100 valence electrons. The van der Waals surface area contributed by atoms with Crippen LogP contribution in [0.1, 0.15) is 31.4 Å². The molecule has 2 nitrogen and oxygen atoms in total. The number of hydrogen-bond acceptors (Lipinski definition) is 2. The van der Waals surface area contributed by atoms with Crippen LogP contribution < -0.4 is 5.73 Å². The SMILES string of the molecule is CC1CCN(CCC(N)c2ccc(Br)cc2Cl)C1. The zero-order valence-electron chi connectivity index (χ0n) is 10.7. The summed E-state index contributed by atoms with van der Waals surface area (Å²) in [5, 5.41) is 0.756. The Morgan fingerprint density at radius 2 is 2.33 bits per heavy atom. The Kier molecular flexibility index (Phi) is 5.07. The highest BCUT2D eigenvalue weighted by molar-refractivity contribution is 9.10. The lowest BCUT2D eigenvalue weighted by Gasteiger charge is -2.19. The van der Waals surface area contributed by atoms with Crippen LogP contribution in [0.3, 0.4) is 0 Å². The van der Waals surface area contributed by atoms with Gasteiger partial charge in [-0.25, -0.2) is 0 Å². The molecule has 0 spiro atoms. The summed E-state index contributed by atoms with van der Waals surface area (Å²) in [7, 11) is 0. The van der Waals surface area contributed by atoms with Gasteiger partial charge in [-0.05, 0) is 49.5 Å². The van der Waals surface area contributed by atoms with Crippen LogP contribution in [0.4, 0.5) is 0 Å². The maximum Gasteiger partial charge on any atom is 0.0464 e. The maximum atomic E-state index is 6.23. The van der Waals surface area contributed by atoms with Crippen LogP contribution in [0.2, 0.25) is 5.02 Å². The molecule has 2 atom stereocenters. The quantitative estimate of drug-likeness (QED) is 0.908. The average Bonchev–Trinajstić information content (AvgIpc) is 2.72. The summed E-state index contributed by atoms with van der Waals surface area (Å²) in [6.45, 7) is 5.80. The van der Waals surface area contributed by atoms with Gasteiger partial charge in [-0.1, -0.05) is 40.5 Å². The van der Waals surface area contributed by atoms with E-state index in [1.54, 1.807) is 0 Å². The third-order valence-electron chi connectivity index (χ3n) is 3.63. The number of likely N-dealkylation sites (tertiary alicyclic amines) is 1. The van der Waals surface area contributed by atoms with Crippen molar-refractivity contribution in [1.29, 1.82) is 0 Å². The number of benzene rings is 1. The summed E-state index contributed by atoms with van der Waals surface area (Å²) in [4.78, 5) is 2.50. The second kappa shape index (κ2) is 6.38. The van der Waals surface area contributed by atoms with E-state index in [1.165, 1.54) is 19.5 Å². The van der Waals surface area contributed by atoms with Crippen molar-refractivity contribution in [2.75, 3.05) is 19.6 Å². The molecule has 0 aromatic heterocycles. The normalized spacial score (nSPS) is 22.3. The van der Waals surface area contributed by atoms with Crippen molar-refractivity contribution in [2.45, 2.75) is 25.8 Å². The van der Waals surface area contributed by atoms with E-state index >= 15 is 0 Å². The fraction of sp³-hybridized carbons (Fsp3) is 0.571. The monoisotopic (exact) mass is 330 g/mol. The highest BCUT2D eigenvalue weighted by Crippen LogP contribution is 2.27. The van der Waals surface area contributed by atoms with Gasteiger partial charge in [0.15, 0.2) is 0 Å². The molecule has 18 heavy (non-hydrogen) atoms. The molecule has 1 fully saturated rings. The Hall–Kier alpha value is -0.0900. The molecular formula is C14H20BrClN2. The van der Waals surface area contributed by atoms with Crippen LogP contribution in [0.25, 0.3) is 0 Å². The van der Waals surface area contributed by atoms with Gasteiger partial charge in [0.05, 0.1) is 0 Å². The van der Waals surface area contributed by atoms with Crippen molar-refractivity contribution in [2.24, 2.45) is 11.7 Å². The summed E-state index contributed by atoms with van der Waals surface area (Å²) in [6, 6.07) is 5.96. The molecule has 0 aliphatic carbocycles. The molecule has 0 radical (unpaired) electrons. The first-order valence-corrected chi connectivity index (χ1v) is 7.66. The van der Waals surface area contributed by atoms with E-state index in [0.29, 0.717) is 0 Å². The van der Waals surface area contributed by atoms with Gasteiger partial charge in [0, 0.05) is 22.1 Å². The van der Waals surface area contributed by atoms with E-state index in [4.69, 9.17) is 17.3 Å². The molecule has 0 saturated carbocycles.